The van der Waals surface area contributed by atoms with E-state index in [4.69, 9.17) is 20.3 Å². The van der Waals surface area contributed by atoms with Gasteiger partial charge >= 0.3 is 11.9 Å². The third kappa shape index (κ3) is 5.51. The van der Waals surface area contributed by atoms with Crippen LogP contribution in [0.15, 0.2) is 24.3 Å². The van der Waals surface area contributed by atoms with Crippen molar-refractivity contribution < 1.29 is 33.7 Å². The molecule has 0 amide bonds. The molecule has 0 fully saturated rings. The standard InChI is InChI=1S/C14H17NO7/c1-2-20-12(17)8-21-14(13(18)19)22-10-5-3-9(4-6-10)11(16)7-15/h3-6,14H,2,7-8,15H2,1H3,(H,18,19). The number of carboxylic acids is 1. The quantitative estimate of drug-likeness (QED) is 0.376. The van der Waals surface area contributed by atoms with Gasteiger partial charge in [0.1, 0.15) is 12.4 Å². The second-order valence-electron chi connectivity index (χ2n) is 4.06. The van der Waals surface area contributed by atoms with Gasteiger partial charge in [-0.3, -0.25) is 4.79 Å². The fourth-order valence-electron chi connectivity index (χ4n) is 1.46. The van der Waals surface area contributed by atoms with Gasteiger partial charge in [-0.1, -0.05) is 0 Å². The smallest absolute Gasteiger partial charge is 0.373 e. The van der Waals surface area contributed by atoms with Crippen LogP contribution in [0.5, 0.6) is 5.75 Å². The second-order valence-corrected chi connectivity index (χ2v) is 4.06. The van der Waals surface area contributed by atoms with Crippen LogP contribution in [0, 0.1) is 0 Å². The molecule has 0 bridgehead atoms. The molecule has 1 rings (SSSR count). The first-order valence-corrected chi connectivity index (χ1v) is 6.48. The van der Waals surface area contributed by atoms with E-state index in [2.05, 4.69) is 4.74 Å². The van der Waals surface area contributed by atoms with Crippen LogP contribution >= 0.6 is 0 Å². The van der Waals surface area contributed by atoms with Crippen LogP contribution in [0.25, 0.3) is 0 Å². The number of hydrogen-bond acceptors (Lipinski definition) is 7. The van der Waals surface area contributed by atoms with E-state index in [-0.39, 0.29) is 24.7 Å². The fourth-order valence-corrected chi connectivity index (χ4v) is 1.46. The molecule has 1 aromatic carbocycles. The molecule has 0 radical (unpaired) electrons. The van der Waals surface area contributed by atoms with Gasteiger partial charge in [-0.2, -0.15) is 0 Å². The monoisotopic (exact) mass is 311 g/mol. The van der Waals surface area contributed by atoms with Gasteiger partial charge in [-0.25, -0.2) is 9.59 Å². The summed E-state index contributed by atoms with van der Waals surface area (Å²) in [5.74, 6) is -2.17. The molecule has 120 valence electrons. The Morgan fingerprint density at radius 2 is 1.86 bits per heavy atom. The number of nitrogens with two attached hydrogens (primary N) is 1. The lowest BCUT2D eigenvalue weighted by molar-refractivity contribution is -0.177. The summed E-state index contributed by atoms with van der Waals surface area (Å²) in [4.78, 5) is 33.5. The molecule has 8 heteroatoms. The van der Waals surface area contributed by atoms with Gasteiger partial charge in [-0.15, -0.1) is 0 Å². The minimum Gasteiger partial charge on any atom is -0.477 e. The van der Waals surface area contributed by atoms with Crippen LogP contribution in [0.4, 0.5) is 0 Å². The zero-order chi connectivity index (χ0) is 16.5. The first-order chi connectivity index (χ1) is 10.5. The molecule has 3 N–H and O–H groups in total. The van der Waals surface area contributed by atoms with E-state index in [1.54, 1.807) is 6.92 Å². The highest BCUT2D eigenvalue weighted by Crippen LogP contribution is 2.15. The molecule has 22 heavy (non-hydrogen) atoms. The summed E-state index contributed by atoms with van der Waals surface area (Å²) >= 11 is 0. The van der Waals surface area contributed by atoms with Gasteiger partial charge in [0, 0.05) is 5.56 Å². The molecule has 1 atom stereocenters. The summed E-state index contributed by atoms with van der Waals surface area (Å²) < 4.78 is 14.6. The molecule has 0 aliphatic rings. The van der Waals surface area contributed by atoms with Crippen molar-refractivity contribution >= 4 is 17.7 Å². The van der Waals surface area contributed by atoms with Crippen LogP contribution in [0.3, 0.4) is 0 Å². The zero-order valence-electron chi connectivity index (χ0n) is 12.0. The predicted molar refractivity (Wildman–Crippen MR) is 74.5 cm³/mol. The third-order valence-corrected chi connectivity index (χ3v) is 2.46. The van der Waals surface area contributed by atoms with E-state index in [0.717, 1.165) is 0 Å². The molecular formula is C14H17NO7. The maximum atomic E-state index is 11.4. The highest BCUT2D eigenvalue weighted by Gasteiger charge is 2.22. The van der Waals surface area contributed by atoms with Crippen molar-refractivity contribution in [2.45, 2.75) is 13.2 Å². The van der Waals surface area contributed by atoms with Crippen LogP contribution < -0.4 is 10.5 Å². The molecule has 0 heterocycles. The van der Waals surface area contributed by atoms with Gasteiger partial charge in [0.05, 0.1) is 13.2 Å². The zero-order valence-corrected chi connectivity index (χ0v) is 12.0. The molecule has 0 aliphatic heterocycles. The molecule has 0 saturated carbocycles. The summed E-state index contributed by atoms with van der Waals surface area (Å²) in [5, 5.41) is 8.99. The van der Waals surface area contributed by atoms with E-state index < -0.39 is 24.8 Å². The number of carbonyl (C=O) groups is 3. The summed E-state index contributed by atoms with van der Waals surface area (Å²) in [6, 6.07) is 5.72. The predicted octanol–water partition coefficient (Wildman–Crippen LogP) is 0.197. The number of Topliss-reactive ketones (excluding diaryl/α,β-unsaturated/α-hetero) is 1. The van der Waals surface area contributed by atoms with E-state index in [9.17, 15) is 14.4 Å². The van der Waals surface area contributed by atoms with Crippen molar-refractivity contribution in [1.82, 2.24) is 0 Å². The highest BCUT2D eigenvalue weighted by atomic mass is 16.7. The van der Waals surface area contributed by atoms with Crippen LogP contribution in [0.1, 0.15) is 17.3 Å². The lowest BCUT2D eigenvalue weighted by atomic mass is 10.1. The number of carboxylic acid groups (broad SMARTS) is 1. The van der Waals surface area contributed by atoms with Crippen molar-refractivity contribution in [2.75, 3.05) is 19.8 Å². The topological polar surface area (TPSA) is 125 Å². The van der Waals surface area contributed by atoms with Crippen molar-refractivity contribution in [3.05, 3.63) is 29.8 Å². The number of ketones is 1. The Hall–Kier alpha value is -2.45. The summed E-state index contributed by atoms with van der Waals surface area (Å²) in [5.41, 5.74) is 5.62. The van der Waals surface area contributed by atoms with Gasteiger partial charge < -0.3 is 25.1 Å². The van der Waals surface area contributed by atoms with E-state index in [0.29, 0.717) is 5.56 Å². The van der Waals surface area contributed by atoms with E-state index >= 15 is 0 Å². The average molecular weight is 311 g/mol. The number of esters is 1. The number of aliphatic carboxylic acids is 1. The number of rotatable bonds is 9. The SMILES string of the molecule is CCOC(=O)COC(Oc1ccc(C(=O)CN)cc1)C(=O)O. The van der Waals surface area contributed by atoms with E-state index in [1.165, 1.54) is 24.3 Å². The normalized spacial score (nSPS) is 11.5. The van der Waals surface area contributed by atoms with Gasteiger partial charge in [0.25, 0.3) is 6.29 Å². The minimum absolute atomic E-state index is 0.124. The van der Waals surface area contributed by atoms with E-state index in [1.807, 2.05) is 0 Å². The first-order valence-electron chi connectivity index (χ1n) is 6.48. The lowest BCUT2D eigenvalue weighted by Crippen LogP contribution is -2.32. The molecule has 0 saturated heterocycles. The molecule has 0 aliphatic carbocycles. The Morgan fingerprint density at radius 1 is 1.23 bits per heavy atom. The second kappa shape index (κ2) is 8.75. The number of ether oxygens (including phenoxy) is 3. The molecule has 0 spiro atoms. The largest absolute Gasteiger partial charge is 0.477 e. The molecule has 8 nitrogen and oxygen atoms in total. The average Bonchev–Trinajstić information content (AvgIpc) is 2.51. The third-order valence-electron chi connectivity index (χ3n) is 2.46. The lowest BCUT2D eigenvalue weighted by Gasteiger charge is -2.15. The maximum Gasteiger partial charge on any atom is 0.373 e. The van der Waals surface area contributed by atoms with Crippen molar-refractivity contribution in [2.24, 2.45) is 5.73 Å². The van der Waals surface area contributed by atoms with Crippen LogP contribution in [-0.4, -0.2) is 48.9 Å². The first kappa shape index (κ1) is 17.6. The Morgan fingerprint density at radius 3 is 2.36 bits per heavy atom. The van der Waals surface area contributed by atoms with Gasteiger partial charge in [-0.05, 0) is 31.2 Å². The molecule has 0 aromatic heterocycles. The summed E-state index contributed by atoms with van der Waals surface area (Å²) in [6.45, 7) is 1.11. The van der Waals surface area contributed by atoms with Crippen molar-refractivity contribution in [3.8, 4) is 5.75 Å². The highest BCUT2D eigenvalue weighted by molar-refractivity contribution is 5.97. The number of carbonyl (C=O) groups excluding carboxylic acids is 2. The van der Waals surface area contributed by atoms with Gasteiger partial charge in [0.15, 0.2) is 5.78 Å². The van der Waals surface area contributed by atoms with Crippen LogP contribution in [0.2, 0.25) is 0 Å². The summed E-state index contributed by atoms with van der Waals surface area (Å²) in [6.07, 6.45) is -1.67. The number of benzene rings is 1. The minimum atomic E-state index is -1.67. The summed E-state index contributed by atoms with van der Waals surface area (Å²) in [7, 11) is 0. The Bertz CT molecular complexity index is 526. The van der Waals surface area contributed by atoms with Crippen LogP contribution in [-0.2, 0) is 19.1 Å². The molecule has 1 aromatic rings. The fraction of sp³-hybridized carbons (Fsp3) is 0.357. The Kier molecular flexibility index (Phi) is 7.00. The number of hydrogen-bond donors (Lipinski definition) is 2. The van der Waals surface area contributed by atoms with Gasteiger partial charge in [0.2, 0.25) is 0 Å². The maximum absolute atomic E-state index is 11.4. The molecular weight excluding hydrogens is 294 g/mol. The Labute approximate surface area is 126 Å². The van der Waals surface area contributed by atoms with Crippen molar-refractivity contribution in [1.29, 1.82) is 0 Å². The Balaban J connectivity index is 2.65. The molecule has 1 unspecified atom stereocenters. The van der Waals surface area contributed by atoms with Crippen molar-refractivity contribution in [3.63, 3.8) is 0 Å².